The summed E-state index contributed by atoms with van der Waals surface area (Å²) in [5, 5.41) is 9.51. The lowest BCUT2D eigenvalue weighted by molar-refractivity contribution is -0.143. The Hall–Kier alpha value is -4.71. The van der Waals surface area contributed by atoms with Crippen LogP contribution in [0.3, 0.4) is 0 Å². The van der Waals surface area contributed by atoms with Gasteiger partial charge in [-0.3, -0.25) is 19.4 Å². The molecule has 244 valence electrons. The van der Waals surface area contributed by atoms with E-state index in [1.165, 1.54) is 28.0 Å². The van der Waals surface area contributed by atoms with E-state index in [1.807, 2.05) is 54.6 Å². The van der Waals surface area contributed by atoms with Crippen molar-refractivity contribution in [2.75, 3.05) is 51.3 Å². The lowest BCUT2D eigenvalue weighted by Crippen LogP contribution is -2.51. The number of carbonyl (C=O) groups is 3. The smallest absolute Gasteiger partial charge is 0.395 e. The molecule has 0 spiro atoms. The van der Waals surface area contributed by atoms with Crippen molar-refractivity contribution < 1.29 is 32.7 Å². The first kappa shape index (κ1) is 34.2. The number of halogens is 3. The lowest BCUT2D eigenvalue weighted by Gasteiger charge is -2.36. The van der Waals surface area contributed by atoms with E-state index < -0.39 is 23.8 Å². The lowest BCUT2D eigenvalue weighted by atomic mass is 10.0. The number of hydrogen-bond donors (Lipinski definition) is 1. The molecule has 1 atom stereocenters. The second-order valence-electron chi connectivity index (χ2n) is 11.1. The highest BCUT2D eigenvalue weighted by molar-refractivity contribution is 5.95. The number of hydrogen-bond acceptors (Lipinski definition) is 6. The molecule has 3 amide bonds. The molecule has 1 N–H and O–H groups in total. The Morgan fingerprint density at radius 1 is 0.957 bits per heavy atom. The minimum atomic E-state index is -4.58. The largest absolute Gasteiger partial charge is 0.433 e. The zero-order chi connectivity index (χ0) is 33.3. The minimum absolute atomic E-state index is 0.0487. The molecule has 1 saturated heterocycles. The zero-order valence-electron chi connectivity index (χ0n) is 25.9. The number of aromatic nitrogens is 1. The van der Waals surface area contributed by atoms with Crippen molar-refractivity contribution >= 4 is 29.5 Å². The van der Waals surface area contributed by atoms with E-state index in [0.717, 1.165) is 29.1 Å². The van der Waals surface area contributed by atoms with E-state index in [0.29, 0.717) is 31.7 Å². The number of alkyl halides is 3. The van der Waals surface area contributed by atoms with Gasteiger partial charge in [-0.15, -0.1) is 0 Å². The van der Waals surface area contributed by atoms with Gasteiger partial charge in [0.1, 0.15) is 11.7 Å². The molecule has 1 aliphatic rings. The van der Waals surface area contributed by atoms with E-state index in [4.69, 9.17) is 0 Å². The predicted molar refractivity (Wildman–Crippen MR) is 168 cm³/mol. The number of piperazine rings is 1. The van der Waals surface area contributed by atoms with E-state index >= 15 is 0 Å². The van der Waals surface area contributed by atoms with Crippen LogP contribution < -0.4 is 4.90 Å². The molecule has 0 saturated carbocycles. The van der Waals surface area contributed by atoms with Gasteiger partial charge in [0.25, 0.3) is 0 Å². The molecular formula is C34H38F3N5O4. The Bertz CT molecular complexity index is 1490. The van der Waals surface area contributed by atoms with Crippen molar-refractivity contribution in [3.8, 4) is 0 Å². The van der Waals surface area contributed by atoms with Crippen LogP contribution in [0.1, 0.15) is 29.3 Å². The highest BCUT2D eigenvalue weighted by atomic mass is 19.4. The topological polar surface area (TPSA) is 97.3 Å². The van der Waals surface area contributed by atoms with Crippen molar-refractivity contribution in [1.29, 1.82) is 0 Å². The first-order chi connectivity index (χ1) is 22.0. The standard InChI is InChI=1S/C34H38F3N5O4/c1-25(44)40-16-18-41(19-17-40)29-12-8-28(9-13-29)24-42(32(45)15-11-27-10-14-31(38-23-27)34(35,36)37)30(33(46)39(2)20-21-43)22-26-6-4-3-5-7-26/h3-15,23,30,43H,16-22,24H2,1-2H3/t30-/m0/s1. The van der Waals surface area contributed by atoms with Crippen LogP contribution in [-0.4, -0.2) is 94.9 Å². The summed E-state index contributed by atoms with van der Waals surface area (Å²) in [7, 11) is 1.56. The van der Waals surface area contributed by atoms with Gasteiger partial charge in [-0.2, -0.15) is 13.2 Å². The second kappa shape index (κ2) is 15.5. The number of carbonyl (C=O) groups excluding carboxylic acids is 3. The summed E-state index contributed by atoms with van der Waals surface area (Å²) in [5.74, 6) is -0.834. The van der Waals surface area contributed by atoms with Crippen molar-refractivity contribution in [2.24, 2.45) is 0 Å². The molecule has 2 aromatic carbocycles. The van der Waals surface area contributed by atoms with Crippen LogP contribution in [0.25, 0.3) is 6.08 Å². The van der Waals surface area contributed by atoms with E-state index in [9.17, 15) is 32.7 Å². The SMILES string of the molecule is CC(=O)N1CCN(c2ccc(CN(C(=O)C=Cc3ccc(C(F)(F)F)nc3)[C@@H](Cc3ccccc3)C(=O)N(C)CCO)cc2)CC1. The average molecular weight is 638 g/mol. The zero-order valence-corrected chi connectivity index (χ0v) is 25.9. The Morgan fingerprint density at radius 2 is 1.63 bits per heavy atom. The van der Waals surface area contributed by atoms with Gasteiger partial charge < -0.3 is 24.7 Å². The van der Waals surface area contributed by atoms with Gasteiger partial charge in [-0.1, -0.05) is 48.5 Å². The normalized spacial score (nSPS) is 14.3. The van der Waals surface area contributed by atoms with Crippen molar-refractivity contribution in [3.05, 3.63) is 101 Å². The number of aliphatic hydroxyl groups is 1. The molecule has 3 aromatic rings. The van der Waals surface area contributed by atoms with Gasteiger partial charge in [-0.05, 0) is 41.0 Å². The summed E-state index contributed by atoms with van der Waals surface area (Å²) < 4.78 is 38.9. The van der Waals surface area contributed by atoms with Crippen LogP contribution >= 0.6 is 0 Å². The van der Waals surface area contributed by atoms with Gasteiger partial charge in [0.05, 0.1) is 6.61 Å². The van der Waals surface area contributed by atoms with E-state index in [1.54, 1.807) is 18.9 Å². The van der Waals surface area contributed by atoms with Crippen LogP contribution in [0.5, 0.6) is 0 Å². The third kappa shape index (κ3) is 9.16. The summed E-state index contributed by atoms with van der Waals surface area (Å²) in [6.45, 7) is 4.10. The fraction of sp³-hybridized carbons (Fsp3) is 0.353. The summed E-state index contributed by atoms with van der Waals surface area (Å²) in [6.07, 6.45) is -0.750. The maximum Gasteiger partial charge on any atom is 0.433 e. The molecular weight excluding hydrogens is 599 g/mol. The number of anilines is 1. The third-order valence-corrected chi connectivity index (χ3v) is 7.90. The average Bonchev–Trinajstić information content (AvgIpc) is 3.05. The molecule has 46 heavy (non-hydrogen) atoms. The van der Waals surface area contributed by atoms with Gasteiger partial charge in [0.15, 0.2) is 0 Å². The van der Waals surface area contributed by atoms with Crippen LogP contribution in [-0.2, 0) is 33.5 Å². The summed E-state index contributed by atoms with van der Waals surface area (Å²) in [6, 6.07) is 18.0. The summed E-state index contributed by atoms with van der Waals surface area (Å²) >= 11 is 0. The van der Waals surface area contributed by atoms with Crippen molar-refractivity contribution in [3.63, 3.8) is 0 Å². The molecule has 1 fully saturated rings. The van der Waals surface area contributed by atoms with Gasteiger partial charge >= 0.3 is 6.18 Å². The summed E-state index contributed by atoms with van der Waals surface area (Å²) in [5.41, 5.74) is 1.81. The highest BCUT2D eigenvalue weighted by Crippen LogP contribution is 2.27. The fourth-order valence-corrected chi connectivity index (χ4v) is 5.25. The molecule has 9 nitrogen and oxygen atoms in total. The predicted octanol–water partition coefficient (Wildman–Crippen LogP) is 3.87. The molecule has 1 aliphatic heterocycles. The number of nitrogens with zero attached hydrogens (tertiary/aromatic N) is 5. The van der Waals surface area contributed by atoms with Crippen LogP contribution in [0, 0.1) is 0 Å². The van der Waals surface area contributed by atoms with Crippen LogP contribution in [0.4, 0.5) is 18.9 Å². The Balaban J connectivity index is 1.62. The third-order valence-electron chi connectivity index (χ3n) is 7.90. The summed E-state index contributed by atoms with van der Waals surface area (Å²) in [4.78, 5) is 49.6. The first-order valence-electron chi connectivity index (χ1n) is 15.0. The first-order valence-corrected chi connectivity index (χ1v) is 15.0. The fourth-order valence-electron chi connectivity index (χ4n) is 5.25. The number of amides is 3. The number of rotatable bonds is 11. The van der Waals surface area contributed by atoms with Crippen molar-refractivity contribution in [2.45, 2.75) is 32.1 Å². The molecule has 0 bridgehead atoms. The number of benzene rings is 2. The molecule has 1 aromatic heterocycles. The molecule has 12 heteroatoms. The molecule has 4 rings (SSSR count). The monoisotopic (exact) mass is 637 g/mol. The number of likely N-dealkylation sites (N-methyl/N-ethyl adjacent to an activating group) is 1. The molecule has 0 unspecified atom stereocenters. The Labute approximate surface area is 266 Å². The number of pyridine rings is 1. The quantitative estimate of drug-likeness (QED) is 0.321. The van der Waals surface area contributed by atoms with E-state index in [-0.39, 0.29) is 37.9 Å². The van der Waals surface area contributed by atoms with Gasteiger partial charge in [0, 0.05) is 77.6 Å². The van der Waals surface area contributed by atoms with Gasteiger partial charge in [-0.25, -0.2) is 0 Å². The Morgan fingerprint density at radius 3 is 2.20 bits per heavy atom. The number of aliphatic hydroxyl groups excluding tert-OH is 1. The van der Waals surface area contributed by atoms with Gasteiger partial charge in [0.2, 0.25) is 17.7 Å². The maximum atomic E-state index is 13.8. The van der Waals surface area contributed by atoms with Crippen molar-refractivity contribution in [1.82, 2.24) is 19.7 Å². The Kier molecular flexibility index (Phi) is 11.5. The molecule has 0 aliphatic carbocycles. The molecule has 2 heterocycles. The molecule has 0 radical (unpaired) electrons. The van der Waals surface area contributed by atoms with E-state index in [2.05, 4.69) is 9.88 Å². The van der Waals surface area contributed by atoms with Crippen LogP contribution in [0.15, 0.2) is 79.0 Å². The minimum Gasteiger partial charge on any atom is -0.395 e. The highest BCUT2D eigenvalue weighted by Gasteiger charge is 2.33. The maximum absolute atomic E-state index is 13.8. The van der Waals surface area contributed by atoms with Crippen LogP contribution in [0.2, 0.25) is 0 Å². The second-order valence-corrected chi connectivity index (χ2v) is 11.1.